The fourth-order valence-electron chi connectivity index (χ4n) is 2.09. The smallest absolute Gasteiger partial charge is 0.304 e. The van der Waals surface area contributed by atoms with Gasteiger partial charge < -0.3 is 18.9 Å². The topological polar surface area (TPSA) is 98.6 Å². The van der Waals surface area contributed by atoms with Crippen molar-refractivity contribution in [1.82, 2.24) is 10.3 Å². The van der Waals surface area contributed by atoms with Crippen molar-refractivity contribution in [2.45, 2.75) is 25.7 Å². The van der Waals surface area contributed by atoms with E-state index < -0.39 is 5.97 Å². The standard InChI is InChI=1S/C13H16N2O5/c1-8-12(10-3-5-14-19-10)15-20-13(8)9(4-6-18-2)7-11(16)17/h3,5,9H,4,6-7H2,1-2H3,(H,16,17). The predicted octanol–water partition coefficient (Wildman–Crippen LogP) is 2.23. The Morgan fingerprint density at radius 1 is 1.50 bits per heavy atom. The molecule has 1 atom stereocenters. The summed E-state index contributed by atoms with van der Waals surface area (Å²) in [7, 11) is 1.57. The summed E-state index contributed by atoms with van der Waals surface area (Å²) in [6.07, 6.45) is 2.03. The molecule has 0 bridgehead atoms. The molecule has 7 heteroatoms. The first-order valence-electron chi connectivity index (χ1n) is 6.21. The Balaban J connectivity index is 2.27. The number of rotatable bonds is 7. The molecule has 2 heterocycles. The van der Waals surface area contributed by atoms with Gasteiger partial charge in [-0.15, -0.1) is 0 Å². The molecule has 1 N–H and O–H groups in total. The van der Waals surface area contributed by atoms with Gasteiger partial charge in [0.25, 0.3) is 0 Å². The highest BCUT2D eigenvalue weighted by Crippen LogP contribution is 2.32. The molecule has 0 spiro atoms. The lowest BCUT2D eigenvalue weighted by atomic mass is 9.95. The van der Waals surface area contributed by atoms with E-state index >= 15 is 0 Å². The van der Waals surface area contributed by atoms with E-state index in [1.165, 1.54) is 6.20 Å². The number of hydrogen-bond donors (Lipinski definition) is 1. The summed E-state index contributed by atoms with van der Waals surface area (Å²) in [4.78, 5) is 11.0. The third kappa shape index (κ3) is 3.05. The minimum atomic E-state index is -0.886. The number of hydrogen-bond acceptors (Lipinski definition) is 6. The summed E-state index contributed by atoms with van der Waals surface area (Å²) in [5, 5.41) is 16.6. The lowest BCUT2D eigenvalue weighted by molar-refractivity contribution is -0.137. The quantitative estimate of drug-likeness (QED) is 0.830. The van der Waals surface area contributed by atoms with Crippen LogP contribution < -0.4 is 0 Å². The van der Waals surface area contributed by atoms with Crippen LogP contribution in [0.25, 0.3) is 11.5 Å². The normalized spacial score (nSPS) is 12.5. The van der Waals surface area contributed by atoms with Crippen LogP contribution in [0.1, 0.15) is 30.1 Å². The van der Waals surface area contributed by atoms with E-state index in [9.17, 15) is 4.79 Å². The number of aliphatic carboxylic acids is 1. The molecule has 2 aromatic rings. The molecule has 0 aliphatic heterocycles. The first-order valence-corrected chi connectivity index (χ1v) is 6.21. The molecule has 0 saturated heterocycles. The van der Waals surface area contributed by atoms with E-state index in [-0.39, 0.29) is 12.3 Å². The number of nitrogens with zero attached hydrogens (tertiary/aromatic N) is 2. The van der Waals surface area contributed by atoms with Crippen molar-refractivity contribution < 1.29 is 23.7 Å². The molecule has 0 saturated carbocycles. The van der Waals surface area contributed by atoms with Crippen LogP contribution in [0.2, 0.25) is 0 Å². The van der Waals surface area contributed by atoms with E-state index in [4.69, 9.17) is 18.9 Å². The monoisotopic (exact) mass is 280 g/mol. The second-order valence-corrected chi connectivity index (χ2v) is 4.47. The number of ether oxygens (including phenoxy) is 1. The highest BCUT2D eigenvalue weighted by molar-refractivity contribution is 5.68. The van der Waals surface area contributed by atoms with E-state index in [0.717, 1.165) is 5.56 Å². The van der Waals surface area contributed by atoms with Crippen LogP contribution >= 0.6 is 0 Å². The van der Waals surface area contributed by atoms with Crippen LogP contribution in [0.15, 0.2) is 21.3 Å². The molecule has 0 aliphatic carbocycles. The molecule has 0 fully saturated rings. The van der Waals surface area contributed by atoms with Gasteiger partial charge in [-0.25, -0.2) is 0 Å². The predicted molar refractivity (Wildman–Crippen MR) is 68.2 cm³/mol. The second-order valence-electron chi connectivity index (χ2n) is 4.47. The average Bonchev–Trinajstić information content (AvgIpc) is 3.03. The number of aromatic nitrogens is 2. The van der Waals surface area contributed by atoms with Gasteiger partial charge in [-0.05, 0) is 13.3 Å². The van der Waals surface area contributed by atoms with Gasteiger partial charge in [0.2, 0.25) is 0 Å². The SMILES string of the molecule is COCCC(CC(=O)O)c1onc(-c2ccno2)c1C. The summed E-state index contributed by atoms with van der Waals surface area (Å²) >= 11 is 0. The van der Waals surface area contributed by atoms with E-state index in [1.54, 1.807) is 13.2 Å². The van der Waals surface area contributed by atoms with Crippen LogP contribution in [-0.2, 0) is 9.53 Å². The average molecular weight is 280 g/mol. The van der Waals surface area contributed by atoms with Crippen LogP contribution in [-0.4, -0.2) is 35.1 Å². The molecule has 7 nitrogen and oxygen atoms in total. The molecular formula is C13H16N2O5. The highest BCUT2D eigenvalue weighted by Gasteiger charge is 2.25. The Bertz CT molecular complexity index is 561. The zero-order chi connectivity index (χ0) is 14.5. The summed E-state index contributed by atoms with van der Waals surface area (Å²) in [5.41, 5.74) is 1.31. The lowest BCUT2D eigenvalue weighted by Crippen LogP contribution is -2.09. The fourth-order valence-corrected chi connectivity index (χ4v) is 2.09. The molecule has 0 aliphatic rings. The van der Waals surface area contributed by atoms with Crippen molar-refractivity contribution in [3.8, 4) is 11.5 Å². The first kappa shape index (κ1) is 14.3. The number of carbonyl (C=O) groups is 1. The maximum atomic E-state index is 11.0. The van der Waals surface area contributed by atoms with Gasteiger partial charge in [0, 0.05) is 31.3 Å². The summed E-state index contributed by atoms with van der Waals surface area (Å²) in [6, 6.07) is 1.68. The number of methoxy groups -OCH3 is 1. The Labute approximate surface area is 115 Å². The van der Waals surface area contributed by atoms with Gasteiger partial charge in [0.1, 0.15) is 5.76 Å². The Morgan fingerprint density at radius 3 is 2.90 bits per heavy atom. The summed E-state index contributed by atoms with van der Waals surface area (Å²) in [6.45, 7) is 2.28. The third-order valence-corrected chi connectivity index (χ3v) is 3.09. The Hall–Kier alpha value is -2.15. The van der Waals surface area contributed by atoms with Gasteiger partial charge in [-0.1, -0.05) is 10.3 Å². The zero-order valence-corrected chi connectivity index (χ0v) is 11.3. The van der Waals surface area contributed by atoms with Crippen molar-refractivity contribution >= 4 is 5.97 Å². The molecular weight excluding hydrogens is 264 g/mol. The fraction of sp³-hybridized carbons (Fsp3) is 0.462. The molecule has 20 heavy (non-hydrogen) atoms. The minimum absolute atomic E-state index is 0.0325. The van der Waals surface area contributed by atoms with Gasteiger partial charge in [-0.3, -0.25) is 4.79 Å². The van der Waals surface area contributed by atoms with Crippen molar-refractivity contribution in [1.29, 1.82) is 0 Å². The first-order chi connectivity index (χ1) is 9.63. The molecule has 0 amide bonds. The maximum Gasteiger partial charge on any atom is 0.304 e. The van der Waals surface area contributed by atoms with Gasteiger partial charge in [0.05, 0.1) is 12.6 Å². The Morgan fingerprint density at radius 2 is 2.30 bits per heavy atom. The molecule has 108 valence electrons. The largest absolute Gasteiger partial charge is 0.481 e. The summed E-state index contributed by atoms with van der Waals surface area (Å²) < 4.78 is 15.4. The molecule has 1 unspecified atom stereocenters. The van der Waals surface area contributed by atoms with E-state index in [1.807, 2.05) is 6.92 Å². The van der Waals surface area contributed by atoms with Gasteiger partial charge in [-0.2, -0.15) is 0 Å². The molecule has 0 aromatic carbocycles. The van der Waals surface area contributed by atoms with Gasteiger partial charge >= 0.3 is 5.97 Å². The van der Waals surface area contributed by atoms with Crippen LogP contribution in [0.3, 0.4) is 0 Å². The van der Waals surface area contributed by atoms with Crippen molar-refractivity contribution in [3.05, 3.63) is 23.6 Å². The third-order valence-electron chi connectivity index (χ3n) is 3.09. The van der Waals surface area contributed by atoms with E-state index in [0.29, 0.717) is 30.2 Å². The van der Waals surface area contributed by atoms with Crippen molar-refractivity contribution in [2.24, 2.45) is 0 Å². The van der Waals surface area contributed by atoms with Crippen LogP contribution in [0.4, 0.5) is 0 Å². The lowest BCUT2D eigenvalue weighted by Gasteiger charge is -2.11. The van der Waals surface area contributed by atoms with Crippen LogP contribution in [0, 0.1) is 6.92 Å². The van der Waals surface area contributed by atoms with Gasteiger partial charge in [0.15, 0.2) is 11.5 Å². The van der Waals surface area contributed by atoms with Crippen molar-refractivity contribution in [3.63, 3.8) is 0 Å². The maximum absolute atomic E-state index is 11.0. The minimum Gasteiger partial charge on any atom is -0.481 e. The Kier molecular flexibility index (Phi) is 4.52. The van der Waals surface area contributed by atoms with Crippen LogP contribution in [0.5, 0.6) is 0 Å². The number of carboxylic acid groups (broad SMARTS) is 1. The second kappa shape index (κ2) is 6.33. The highest BCUT2D eigenvalue weighted by atomic mass is 16.5. The summed E-state index contributed by atoms with van der Waals surface area (Å²) in [5.74, 6) is -0.117. The van der Waals surface area contributed by atoms with E-state index in [2.05, 4.69) is 10.3 Å². The van der Waals surface area contributed by atoms with Crippen molar-refractivity contribution in [2.75, 3.05) is 13.7 Å². The zero-order valence-electron chi connectivity index (χ0n) is 11.3. The molecule has 0 radical (unpaired) electrons. The number of carboxylic acids is 1. The molecule has 2 rings (SSSR count). The molecule has 2 aromatic heterocycles.